The molecule has 4 heteroatoms. The fraction of sp³-hybridized carbons (Fsp3) is 0.600. The molecule has 1 fully saturated rings. The Morgan fingerprint density at radius 2 is 2.26 bits per heavy atom. The molecule has 2 atom stereocenters. The second-order valence-electron chi connectivity index (χ2n) is 4.96. The van der Waals surface area contributed by atoms with Crippen molar-refractivity contribution in [2.24, 2.45) is 5.73 Å². The zero-order valence-corrected chi connectivity index (χ0v) is 11.7. The fourth-order valence-corrected chi connectivity index (χ4v) is 2.17. The van der Waals surface area contributed by atoms with Gasteiger partial charge in [-0.3, -0.25) is 0 Å². The lowest BCUT2D eigenvalue weighted by molar-refractivity contribution is 0.138. The van der Waals surface area contributed by atoms with Crippen LogP contribution in [0, 0.1) is 0 Å². The average molecular weight is 265 g/mol. The monoisotopic (exact) mass is 265 g/mol. The van der Waals surface area contributed by atoms with Crippen LogP contribution in [0.1, 0.15) is 25.3 Å². The molecular weight excluding hydrogens is 242 g/mol. The summed E-state index contributed by atoms with van der Waals surface area (Å²) < 4.78 is 16.6. The average Bonchev–Trinajstić information content (AvgIpc) is 2.93. The minimum absolute atomic E-state index is 0.137. The van der Waals surface area contributed by atoms with Crippen LogP contribution in [0.15, 0.2) is 18.2 Å². The van der Waals surface area contributed by atoms with Crippen molar-refractivity contribution in [3.8, 4) is 11.5 Å². The molecule has 4 nitrogen and oxygen atoms in total. The lowest BCUT2D eigenvalue weighted by Crippen LogP contribution is -2.21. The predicted octanol–water partition coefficient (Wildman–Crippen LogP) is 2.14. The quantitative estimate of drug-likeness (QED) is 0.856. The zero-order chi connectivity index (χ0) is 13.7. The molecule has 0 saturated carbocycles. The number of benzene rings is 1. The second kappa shape index (κ2) is 6.78. The number of rotatable bonds is 6. The van der Waals surface area contributed by atoms with E-state index in [9.17, 15) is 0 Å². The first-order chi connectivity index (χ1) is 9.22. The highest BCUT2D eigenvalue weighted by molar-refractivity contribution is 5.43. The van der Waals surface area contributed by atoms with E-state index in [1.54, 1.807) is 7.11 Å². The van der Waals surface area contributed by atoms with Gasteiger partial charge in [0.15, 0.2) is 11.5 Å². The maximum absolute atomic E-state index is 5.98. The van der Waals surface area contributed by atoms with Crippen molar-refractivity contribution < 1.29 is 14.2 Å². The molecule has 0 bridgehead atoms. The fourth-order valence-electron chi connectivity index (χ4n) is 2.17. The summed E-state index contributed by atoms with van der Waals surface area (Å²) in [5, 5.41) is 0. The Morgan fingerprint density at radius 1 is 1.42 bits per heavy atom. The Morgan fingerprint density at radius 3 is 2.89 bits per heavy atom. The first-order valence-corrected chi connectivity index (χ1v) is 6.89. The smallest absolute Gasteiger partial charge is 0.161 e. The first-order valence-electron chi connectivity index (χ1n) is 6.89. The van der Waals surface area contributed by atoms with Gasteiger partial charge in [-0.05, 0) is 30.5 Å². The number of methoxy groups -OCH3 is 1. The van der Waals surface area contributed by atoms with Crippen molar-refractivity contribution in [1.29, 1.82) is 0 Å². The zero-order valence-electron chi connectivity index (χ0n) is 11.7. The SMILES string of the molecule is CCC(N)Cc1ccc(OC2CCOC2)c(OC)c1. The minimum atomic E-state index is 0.137. The highest BCUT2D eigenvalue weighted by atomic mass is 16.6. The molecule has 0 aromatic heterocycles. The van der Waals surface area contributed by atoms with Gasteiger partial charge in [-0.1, -0.05) is 13.0 Å². The summed E-state index contributed by atoms with van der Waals surface area (Å²) in [5.41, 5.74) is 7.16. The van der Waals surface area contributed by atoms with Crippen LogP contribution in [0.3, 0.4) is 0 Å². The molecule has 0 radical (unpaired) electrons. The summed E-state index contributed by atoms with van der Waals surface area (Å²) in [6.45, 7) is 3.53. The van der Waals surface area contributed by atoms with Crippen molar-refractivity contribution in [2.45, 2.75) is 38.3 Å². The molecule has 1 aliphatic heterocycles. The number of nitrogens with two attached hydrogens (primary N) is 1. The van der Waals surface area contributed by atoms with E-state index in [1.165, 1.54) is 5.56 Å². The van der Waals surface area contributed by atoms with Crippen LogP contribution in [0.2, 0.25) is 0 Å². The van der Waals surface area contributed by atoms with Crippen LogP contribution in [0.4, 0.5) is 0 Å². The molecule has 0 aliphatic carbocycles. The van der Waals surface area contributed by atoms with Gasteiger partial charge < -0.3 is 19.9 Å². The van der Waals surface area contributed by atoms with Crippen molar-refractivity contribution in [1.82, 2.24) is 0 Å². The first kappa shape index (κ1) is 14.2. The molecule has 1 aromatic rings. The van der Waals surface area contributed by atoms with Crippen molar-refractivity contribution in [3.05, 3.63) is 23.8 Å². The van der Waals surface area contributed by atoms with Gasteiger partial charge in [-0.25, -0.2) is 0 Å². The third-order valence-electron chi connectivity index (χ3n) is 3.43. The number of ether oxygens (including phenoxy) is 3. The van der Waals surface area contributed by atoms with E-state index in [-0.39, 0.29) is 12.1 Å². The summed E-state index contributed by atoms with van der Waals surface area (Å²) >= 11 is 0. The molecule has 2 rings (SSSR count). The molecule has 1 heterocycles. The van der Waals surface area contributed by atoms with E-state index in [0.29, 0.717) is 6.61 Å². The molecule has 0 spiro atoms. The van der Waals surface area contributed by atoms with E-state index in [0.717, 1.165) is 37.4 Å². The summed E-state index contributed by atoms with van der Waals surface area (Å²) in [7, 11) is 1.66. The van der Waals surface area contributed by atoms with Gasteiger partial charge in [0.05, 0.1) is 20.3 Å². The highest BCUT2D eigenvalue weighted by Gasteiger charge is 2.19. The van der Waals surface area contributed by atoms with Crippen LogP contribution >= 0.6 is 0 Å². The van der Waals surface area contributed by atoms with E-state index < -0.39 is 0 Å². The lowest BCUT2D eigenvalue weighted by Gasteiger charge is -2.16. The van der Waals surface area contributed by atoms with Gasteiger partial charge in [0.1, 0.15) is 6.10 Å². The molecule has 1 aliphatic rings. The molecule has 1 aromatic carbocycles. The van der Waals surface area contributed by atoms with Crippen LogP contribution < -0.4 is 15.2 Å². The third-order valence-corrected chi connectivity index (χ3v) is 3.43. The number of hydrogen-bond acceptors (Lipinski definition) is 4. The van der Waals surface area contributed by atoms with E-state index in [1.807, 2.05) is 12.1 Å². The molecule has 2 unspecified atom stereocenters. The molecule has 106 valence electrons. The van der Waals surface area contributed by atoms with Crippen molar-refractivity contribution >= 4 is 0 Å². The van der Waals surface area contributed by atoms with Gasteiger partial charge in [0.2, 0.25) is 0 Å². The standard InChI is InChI=1S/C15H23NO3/c1-3-12(16)8-11-4-5-14(15(9-11)17-2)19-13-6-7-18-10-13/h4-5,9,12-13H,3,6-8,10,16H2,1-2H3. The Hall–Kier alpha value is -1.26. The van der Waals surface area contributed by atoms with Crippen LogP contribution in [0.25, 0.3) is 0 Å². The molecule has 19 heavy (non-hydrogen) atoms. The third kappa shape index (κ3) is 3.85. The van der Waals surface area contributed by atoms with Crippen molar-refractivity contribution in [2.75, 3.05) is 20.3 Å². The van der Waals surface area contributed by atoms with Crippen LogP contribution in [0.5, 0.6) is 11.5 Å². The number of hydrogen-bond donors (Lipinski definition) is 1. The topological polar surface area (TPSA) is 53.7 Å². The van der Waals surface area contributed by atoms with Crippen LogP contribution in [-0.2, 0) is 11.2 Å². The predicted molar refractivity (Wildman–Crippen MR) is 74.8 cm³/mol. The molecule has 1 saturated heterocycles. The van der Waals surface area contributed by atoms with Crippen LogP contribution in [-0.4, -0.2) is 32.5 Å². The largest absolute Gasteiger partial charge is 0.493 e. The minimum Gasteiger partial charge on any atom is -0.493 e. The van der Waals surface area contributed by atoms with Gasteiger partial charge in [0, 0.05) is 12.5 Å². The normalized spacial score (nSPS) is 20.3. The summed E-state index contributed by atoms with van der Waals surface area (Å²) in [4.78, 5) is 0. The van der Waals surface area contributed by atoms with Gasteiger partial charge in [-0.2, -0.15) is 0 Å². The highest BCUT2D eigenvalue weighted by Crippen LogP contribution is 2.30. The maximum atomic E-state index is 5.98. The Labute approximate surface area is 114 Å². The van der Waals surface area contributed by atoms with E-state index >= 15 is 0 Å². The van der Waals surface area contributed by atoms with E-state index in [2.05, 4.69) is 13.0 Å². The Kier molecular flexibility index (Phi) is 5.05. The van der Waals surface area contributed by atoms with Gasteiger partial charge >= 0.3 is 0 Å². The van der Waals surface area contributed by atoms with Gasteiger partial charge in [0.25, 0.3) is 0 Å². The summed E-state index contributed by atoms with van der Waals surface area (Å²) in [6, 6.07) is 6.23. The summed E-state index contributed by atoms with van der Waals surface area (Å²) in [5.74, 6) is 1.56. The maximum Gasteiger partial charge on any atom is 0.161 e. The molecule has 0 amide bonds. The van der Waals surface area contributed by atoms with Gasteiger partial charge in [-0.15, -0.1) is 0 Å². The van der Waals surface area contributed by atoms with E-state index in [4.69, 9.17) is 19.9 Å². The summed E-state index contributed by atoms with van der Waals surface area (Å²) in [6.07, 6.45) is 2.91. The Balaban J connectivity index is 2.06. The Bertz CT molecular complexity index is 402. The van der Waals surface area contributed by atoms with Crippen molar-refractivity contribution in [3.63, 3.8) is 0 Å². The second-order valence-corrected chi connectivity index (χ2v) is 4.96. The molecule has 2 N–H and O–H groups in total. The molecular formula is C15H23NO3. The lowest BCUT2D eigenvalue weighted by atomic mass is 10.0.